The van der Waals surface area contributed by atoms with Gasteiger partial charge in [0.25, 0.3) is 0 Å². The number of ether oxygens (including phenoxy) is 1. The van der Waals surface area contributed by atoms with Crippen LogP contribution in [0.25, 0.3) is 0 Å². The Morgan fingerprint density at radius 1 is 1.09 bits per heavy atom. The van der Waals surface area contributed by atoms with Gasteiger partial charge >= 0.3 is 11.9 Å². The van der Waals surface area contributed by atoms with E-state index in [0.717, 1.165) is 5.56 Å². The third-order valence-corrected chi connectivity index (χ3v) is 3.86. The molecule has 0 spiro atoms. The minimum atomic E-state index is -0.562. The average molecular weight is 305 g/mol. The van der Waals surface area contributed by atoms with Crippen molar-refractivity contribution in [1.29, 1.82) is 0 Å². The predicted molar refractivity (Wildman–Crippen MR) is 83.7 cm³/mol. The first-order valence-electron chi connectivity index (χ1n) is 7.70. The summed E-state index contributed by atoms with van der Waals surface area (Å²) in [5.41, 5.74) is 5.50. The Hall–Kier alpha value is -1.88. The van der Waals surface area contributed by atoms with Crippen molar-refractivity contribution < 1.29 is 19.4 Å². The van der Waals surface area contributed by atoms with Gasteiger partial charge in [-0.3, -0.25) is 9.59 Å². The van der Waals surface area contributed by atoms with E-state index in [1.165, 1.54) is 69.4 Å². The molecule has 1 aromatic carbocycles. The molecule has 0 unspecified atom stereocenters. The zero-order valence-electron chi connectivity index (χ0n) is 13.2. The molecule has 2 aliphatic rings. The molecule has 3 rings (SSSR count). The maximum atomic E-state index is 9.81. The first-order valence-corrected chi connectivity index (χ1v) is 7.70. The lowest BCUT2D eigenvalue weighted by atomic mass is 9.90. The summed E-state index contributed by atoms with van der Waals surface area (Å²) in [7, 11) is 0. The van der Waals surface area contributed by atoms with Crippen LogP contribution in [0.1, 0.15) is 43.4 Å². The topological polar surface area (TPSA) is 66.8 Å². The molecule has 2 heterocycles. The highest BCUT2D eigenvalue weighted by atomic mass is 16.6. The third-order valence-electron chi connectivity index (χ3n) is 3.86. The number of hydrogen-bond acceptors (Lipinski definition) is 5. The zero-order valence-corrected chi connectivity index (χ0v) is 13.2. The number of nitrogens with zero attached hydrogens (tertiary/aromatic N) is 1. The molecular weight excluding hydrogens is 282 g/mol. The molecule has 0 amide bonds. The van der Waals surface area contributed by atoms with Gasteiger partial charge in [0.1, 0.15) is 0 Å². The summed E-state index contributed by atoms with van der Waals surface area (Å²) in [6, 6.07) is 4.38. The molecule has 0 aromatic heterocycles. The number of hydrogen-bond donors (Lipinski definition) is 1. The minimum absolute atomic E-state index is 0.181. The van der Waals surface area contributed by atoms with Crippen LogP contribution in [0.5, 0.6) is 0 Å². The summed E-state index contributed by atoms with van der Waals surface area (Å²) in [6.45, 7) is 4.99. The van der Waals surface area contributed by atoms with Crippen molar-refractivity contribution in [2.45, 2.75) is 46.1 Å². The first kappa shape index (κ1) is 16.5. The molecule has 1 aromatic rings. The summed E-state index contributed by atoms with van der Waals surface area (Å²) in [6.07, 6.45) is 4.90. The molecular formula is C17H23NO4. The lowest BCUT2D eigenvalue weighted by Crippen LogP contribution is -2.34. The van der Waals surface area contributed by atoms with Crippen LogP contribution < -0.4 is 4.90 Å². The lowest BCUT2D eigenvalue weighted by Gasteiger charge is -2.37. The van der Waals surface area contributed by atoms with Gasteiger partial charge in [-0.2, -0.15) is 0 Å². The van der Waals surface area contributed by atoms with E-state index in [-0.39, 0.29) is 6.61 Å². The summed E-state index contributed by atoms with van der Waals surface area (Å²) in [5.74, 6) is -1.12. The van der Waals surface area contributed by atoms with E-state index in [9.17, 15) is 14.7 Å². The molecule has 0 radical (unpaired) electrons. The van der Waals surface area contributed by atoms with E-state index < -0.39 is 11.9 Å². The van der Waals surface area contributed by atoms with E-state index in [4.69, 9.17) is 0 Å². The van der Waals surface area contributed by atoms with E-state index in [0.29, 0.717) is 0 Å². The highest BCUT2D eigenvalue weighted by Gasteiger charge is 2.23. The lowest BCUT2D eigenvalue weighted by molar-refractivity contribution is -0.156. The van der Waals surface area contributed by atoms with Gasteiger partial charge in [-0.05, 0) is 42.4 Å². The molecule has 5 heteroatoms. The Labute approximate surface area is 130 Å². The highest BCUT2D eigenvalue weighted by Crippen LogP contribution is 2.35. The van der Waals surface area contributed by atoms with Gasteiger partial charge in [0, 0.05) is 32.6 Å². The van der Waals surface area contributed by atoms with Crippen LogP contribution in [0.4, 0.5) is 5.69 Å². The van der Waals surface area contributed by atoms with Gasteiger partial charge < -0.3 is 14.7 Å². The predicted octanol–water partition coefficient (Wildman–Crippen LogP) is 1.97. The Morgan fingerprint density at radius 3 is 1.95 bits per heavy atom. The highest BCUT2D eigenvalue weighted by molar-refractivity contribution is 5.82. The van der Waals surface area contributed by atoms with Crippen molar-refractivity contribution in [3.05, 3.63) is 28.8 Å². The van der Waals surface area contributed by atoms with Crippen molar-refractivity contribution in [2.24, 2.45) is 0 Å². The Kier molecular flexibility index (Phi) is 5.55. The molecule has 0 bridgehead atoms. The molecule has 2 aliphatic heterocycles. The number of carbonyl (C=O) groups is 2. The fraction of sp³-hybridized carbons (Fsp3) is 0.529. The first-order chi connectivity index (χ1) is 10.5. The fourth-order valence-corrected chi connectivity index (χ4v) is 3.17. The molecule has 0 saturated carbocycles. The Bertz CT molecular complexity index is 525. The Balaban J connectivity index is 0.000000217. The standard InChI is InChI=1S/C13H17NO.C4H6O3/c15-9-10-7-11-3-1-5-14-6-2-4-12(8-10)13(11)14;1-3(5)7-4(2)6/h7-8,15H,1-6,9H2;1-2H3. The molecule has 0 saturated heterocycles. The second-order valence-electron chi connectivity index (χ2n) is 5.70. The largest absolute Gasteiger partial charge is 0.394 e. The number of rotatable bonds is 1. The van der Waals surface area contributed by atoms with Gasteiger partial charge in [-0.15, -0.1) is 0 Å². The van der Waals surface area contributed by atoms with Gasteiger partial charge in [0.2, 0.25) is 0 Å². The summed E-state index contributed by atoms with van der Waals surface area (Å²) in [4.78, 5) is 22.1. The van der Waals surface area contributed by atoms with Crippen LogP contribution >= 0.6 is 0 Å². The zero-order chi connectivity index (χ0) is 16.1. The van der Waals surface area contributed by atoms with Crippen molar-refractivity contribution >= 4 is 17.6 Å². The molecule has 0 aliphatic carbocycles. The van der Waals surface area contributed by atoms with Gasteiger partial charge in [0.15, 0.2) is 0 Å². The van der Waals surface area contributed by atoms with E-state index in [2.05, 4.69) is 21.8 Å². The van der Waals surface area contributed by atoms with Gasteiger partial charge in [-0.25, -0.2) is 0 Å². The smallest absolute Gasteiger partial charge is 0.310 e. The number of anilines is 1. The SMILES string of the molecule is CC(=O)OC(C)=O.OCc1cc2c3c(c1)CCCN3CCC2. The molecule has 22 heavy (non-hydrogen) atoms. The number of aliphatic hydroxyl groups excluding tert-OH is 1. The summed E-state index contributed by atoms with van der Waals surface area (Å²) >= 11 is 0. The third kappa shape index (κ3) is 4.07. The number of aliphatic hydroxyl groups is 1. The normalized spacial score (nSPS) is 15.3. The van der Waals surface area contributed by atoms with Crippen molar-refractivity contribution in [2.75, 3.05) is 18.0 Å². The van der Waals surface area contributed by atoms with Crippen LogP contribution in [0.2, 0.25) is 0 Å². The molecule has 5 nitrogen and oxygen atoms in total. The molecule has 0 fully saturated rings. The second kappa shape index (κ2) is 7.40. The molecule has 0 atom stereocenters. The quantitative estimate of drug-likeness (QED) is 0.635. The summed E-state index contributed by atoms with van der Waals surface area (Å²) < 4.78 is 3.97. The van der Waals surface area contributed by atoms with E-state index >= 15 is 0 Å². The van der Waals surface area contributed by atoms with Crippen LogP contribution in [0.15, 0.2) is 12.1 Å². The fourth-order valence-electron chi connectivity index (χ4n) is 3.17. The van der Waals surface area contributed by atoms with E-state index in [1.54, 1.807) is 0 Å². The molecule has 1 N–H and O–H groups in total. The maximum Gasteiger partial charge on any atom is 0.310 e. The monoisotopic (exact) mass is 305 g/mol. The second-order valence-corrected chi connectivity index (χ2v) is 5.70. The van der Waals surface area contributed by atoms with E-state index in [1.807, 2.05) is 0 Å². The van der Waals surface area contributed by atoms with Gasteiger partial charge in [0.05, 0.1) is 6.61 Å². The summed E-state index contributed by atoms with van der Waals surface area (Å²) in [5, 5.41) is 9.23. The number of benzene rings is 1. The number of aryl methyl sites for hydroxylation is 2. The van der Waals surface area contributed by atoms with Crippen molar-refractivity contribution in [1.82, 2.24) is 0 Å². The van der Waals surface area contributed by atoms with Gasteiger partial charge in [-0.1, -0.05) is 12.1 Å². The maximum absolute atomic E-state index is 9.81. The van der Waals surface area contributed by atoms with Crippen LogP contribution in [0, 0.1) is 0 Å². The molecule has 120 valence electrons. The van der Waals surface area contributed by atoms with Crippen LogP contribution in [-0.2, 0) is 33.8 Å². The minimum Gasteiger partial charge on any atom is -0.394 e. The van der Waals surface area contributed by atoms with Crippen molar-refractivity contribution in [3.63, 3.8) is 0 Å². The van der Waals surface area contributed by atoms with Crippen molar-refractivity contribution in [3.8, 4) is 0 Å². The number of carbonyl (C=O) groups excluding carboxylic acids is 2. The number of esters is 2. The Morgan fingerprint density at radius 2 is 1.59 bits per heavy atom. The van der Waals surface area contributed by atoms with Crippen LogP contribution in [0.3, 0.4) is 0 Å². The average Bonchev–Trinajstić information content (AvgIpc) is 2.47. The van der Waals surface area contributed by atoms with Crippen LogP contribution in [-0.4, -0.2) is 30.1 Å².